The van der Waals surface area contributed by atoms with E-state index in [-0.39, 0.29) is 11.1 Å². The lowest BCUT2D eigenvalue weighted by molar-refractivity contribution is -0.180. The summed E-state index contributed by atoms with van der Waals surface area (Å²) < 4.78 is 6.75. The summed E-state index contributed by atoms with van der Waals surface area (Å²) in [7, 11) is 4.47. The second-order valence-electron chi connectivity index (χ2n) is 9.42. The summed E-state index contributed by atoms with van der Waals surface area (Å²) in [5.41, 5.74) is 5.28. The topological polar surface area (TPSA) is 28.3 Å². The third-order valence-electron chi connectivity index (χ3n) is 7.82. The molecule has 29 heavy (non-hydrogen) atoms. The Kier molecular flexibility index (Phi) is 4.38. The molecule has 1 saturated carbocycles. The summed E-state index contributed by atoms with van der Waals surface area (Å²) in [5.74, 6) is 0.807. The summed E-state index contributed by atoms with van der Waals surface area (Å²) >= 11 is 0. The van der Waals surface area contributed by atoms with Gasteiger partial charge >= 0.3 is 0 Å². The molecule has 2 atom stereocenters. The van der Waals surface area contributed by atoms with Crippen LogP contribution in [0.15, 0.2) is 54.6 Å². The molecule has 1 aliphatic carbocycles. The monoisotopic (exact) mass is 388 g/mol. The van der Waals surface area contributed by atoms with E-state index in [0.29, 0.717) is 11.8 Å². The van der Waals surface area contributed by atoms with Gasteiger partial charge in [-0.3, -0.25) is 4.90 Å². The average molecular weight is 389 g/mol. The van der Waals surface area contributed by atoms with Crippen molar-refractivity contribution in [1.82, 2.24) is 9.88 Å². The summed E-state index contributed by atoms with van der Waals surface area (Å²) in [6.07, 6.45) is 3.17. The van der Waals surface area contributed by atoms with Crippen LogP contribution in [0.5, 0.6) is 0 Å². The molecule has 0 radical (unpaired) electrons. The molecule has 3 nitrogen and oxygen atoms in total. The molecule has 2 heterocycles. The van der Waals surface area contributed by atoms with Crippen LogP contribution in [0.2, 0.25) is 0 Å². The highest BCUT2D eigenvalue weighted by atomic mass is 16.5. The van der Waals surface area contributed by atoms with Crippen molar-refractivity contribution in [2.45, 2.75) is 44.2 Å². The van der Waals surface area contributed by atoms with Crippen molar-refractivity contribution in [3.63, 3.8) is 0 Å². The van der Waals surface area contributed by atoms with Crippen molar-refractivity contribution in [2.75, 3.05) is 20.7 Å². The summed E-state index contributed by atoms with van der Waals surface area (Å²) in [4.78, 5) is 6.24. The number of aromatic nitrogens is 1. The summed E-state index contributed by atoms with van der Waals surface area (Å²) in [6, 6.07) is 19.8. The fourth-order valence-electron chi connectivity index (χ4n) is 6.46. The van der Waals surface area contributed by atoms with Gasteiger partial charge in [0, 0.05) is 16.4 Å². The number of fused-ring (bicyclic) bond motifs is 4. The van der Waals surface area contributed by atoms with Crippen LogP contribution in [0.25, 0.3) is 10.9 Å². The molecule has 1 spiro atoms. The molecule has 2 aromatic carbocycles. The number of nitrogens with zero attached hydrogens (tertiary/aromatic N) is 1. The van der Waals surface area contributed by atoms with Gasteiger partial charge < -0.3 is 9.72 Å². The van der Waals surface area contributed by atoms with Gasteiger partial charge in [0.25, 0.3) is 0 Å². The van der Waals surface area contributed by atoms with Crippen molar-refractivity contribution in [2.24, 2.45) is 11.8 Å². The highest BCUT2D eigenvalue weighted by molar-refractivity contribution is 5.85. The molecule has 5 rings (SSSR count). The number of ether oxygens (including phenoxy) is 1. The van der Waals surface area contributed by atoms with Gasteiger partial charge in [-0.05, 0) is 62.4 Å². The van der Waals surface area contributed by atoms with Crippen LogP contribution in [-0.2, 0) is 22.3 Å². The summed E-state index contributed by atoms with van der Waals surface area (Å²) in [5, 5.41) is 1.37. The first-order valence-corrected chi connectivity index (χ1v) is 11.0. The zero-order valence-electron chi connectivity index (χ0n) is 18.0. The average Bonchev–Trinajstić information content (AvgIpc) is 3.12. The lowest BCUT2D eigenvalue weighted by Gasteiger charge is -2.57. The molecule has 1 fully saturated rings. The number of para-hydroxylation sites is 1. The summed E-state index contributed by atoms with van der Waals surface area (Å²) in [6.45, 7) is 5.61. The van der Waals surface area contributed by atoms with Gasteiger partial charge in [0.15, 0.2) is 0 Å². The smallest absolute Gasteiger partial charge is 0.113 e. The maximum Gasteiger partial charge on any atom is 0.113 e. The van der Waals surface area contributed by atoms with Gasteiger partial charge in [0.1, 0.15) is 5.60 Å². The Labute approximate surface area is 174 Å². The zero-order valence-corrected chi connectivity index (χ0v) is 18.0. The molecule has 3 aromatic rings. The van der Waals surface area contributed by atoms with Crippen LogP contribution in [0.1, 0.15) is 43.5 Å². The SMILES string of the molecule is CC1CC(c2ccccc2)(N(C)C)CC(C)C12OCCc1c2[nH]c2ccccc12. The van der Waals surface area contributed by atoms with Crippen LogP contribution >= 0.6 is 0 Å². The number of rotatable bonds is 2. The van der Waals surface area contributed by atoms with Crippen molar-refractivity contribution < 1.29 is 4.74 Å². The van der Waals surface area contributed by atoms with Crippen LogP contribution in [0.4, 0.5) is 0 Å². The second kappa shape index (κ2) is 6.72. The van der Waals surface area contributed by atoms with Crippen LogP contribution < -0.4 is 0 Å². The Morgan fingerprint density at radius 1 is 0.931 bits per heavy atom. The van der Waals surface area contributed by atoms with E-state index in [9.17, 15) is 0 Å². The number of aromatic amines is 1. The normalized spacial score (nSPS) is 32.0. The highest BCUT2D eigenvalue weighted by Crippen LogP contribution is 2.57. The second-order valence-corrected chi connectivity index (χ2v) is 9.42. The predicted octanol–water partition coefficient (Wildman–Crippen LogP) is 5.46. The van der Waals surface area contributed by atoms with Crippen LogP contribution in [-0.4, -0.2) is 30.6 Å². The Bertz CT molecular complexity index is 1010. The molecular formula is C26H32N2O. The largest absolute Gasteiger partial charge is 0.368 e. The van der Waals surface area contributed by atoms with Crippen molar-refractivity contribution in [1.29, 1.82) is 0 Å². The molecule has 2 aliphatic rings. The lowest BCUT2D eigenvalue weighted by Crippen LogP contribution is -2.58. The molecule has 1 N–H and O–H groups in total. The molecule has 0 bridgehead atoms. The number of H-pyrrole nitrogens is 1. The Hall–Kier alpha value is -2.10. The fraction of sp³-hybridized carbons (Fsp3) is 0.462. The Morgan fingerprint density at radius 2 is 1.59 bits per heavy atom. The van der Waals surface area contributed by atoms with E-state index in [1.807, 2.05) is 0 Å². The van der Waals surface area contributed by atoms with Gasteiger partial charge in [0.05, 0.1) is 12.3 Å². The first-order chi connectivity index (χ1) is 14.0. The van der Waals surface area contributed by atoms with Gasteiger partial charge in [-0.1, -0.05) is 62.4 Å². The maximum absolute atomic E-state index is 6.75. The van der Waals surface area contributed by atoms with E-state index in [1.54, 1.807) is 0 Å². The van der Waals surface area contributed by atoms with Gasteiger partial charge in [-0.25, -0.2) is 0 Å². The van der Waals surface area contributed by atoms with E-state index in [4.69, 9.17) is 4.74 Å². The molecule has 152 valence electrons. The lowest BCUT2D eigenvalue weighted by atomic mass is 9.58. The van der Waals surface area contributed by atoms with Crippen LogP contribution in [0, 0.1) is 11.8 Å². The molecule has 2 unspecified atom stereocenters. The number of hydrogen-bond donors (Lipinski definition) is 1. The number of hydrogen-bond acceptors (Lipinski definition) is 2. The molecule has 1 aromatic heterocycles. The van der Waals surface area contributed by atoms with Crippen molar-refractivity contribution in [3.8, 4) is 0 Å². The fourth-order valence-corrected chi connectivity index (χ4v) is 6.46. The molecular weight excluding hydrogens is 356 g/mol. The Morgan fingerprint density at radius 3 is 2.28 bits per heavy atom. The van der Waals surface area contributed by atoms with E-state index in [2.05, 4.69) is 92.4 Å². The maximum atomic E-state index is 6.75. The van der Waals surface area contributed by atoms with Gasteiger partial charge in [-0.2, -0.15) is 0 Å². The van der Waals surface area contributed by atoms with E-state index >= 15 is 0 Å². The minimum absolute atomic E-state index is 0.0400. The standard InChI is InChI=1S/C26H32N2O/c1-18-16-25(28(3)4,20-10-6-5-7-11-20)17-19(2)26(18)24-22(14-15-29-26)21-12-8-9-13-23(21)27-24/h5-13,18-19,27H,14-17H2,1-4H3. The minimum Gasteiger partial charge on any atom is -0.368 e. The van der Waals surface area contributed by atoms with E-state index < -0.39 is 0 Å². The van der Waals surface area contributed by atoms with Gasteiger partial charge in [0.2, 0.25) is 0 Å². The quantitative estimate of drug-likeness (QED) is 0.631. The molecule has 0 saturated heterocycles. The van der Waals surface area contributed by atoms with Crippen LogP contribution in [0.3, 0.4) is 0 Å². The predicted molar refractivity (Wildman–Crippen MR) is 119 cm³/mol. The molecule has 1 aliphatic heterocycles. The third-order valence-corrected chi connectivity index (χ3v) is 7.82. The first kappa shape index (κ1) is 18.9. The molecule has 0 amide bonds. The third kappa shape index (κ3) is 2.57. The molecule has 3 heteroatoms. The zero-order chi connectivity index (χ0) is 20.2. The number of benzene rings is 2. The van der Waals surface area contributed by atoms with E-state index in [1.165, 1.54) is 27.7 Å². The minimum atomic E-state index is -0.235. The van der Waals surface area contributed by atoms with Gasteiger partial charge in [-0.15, -0.1) is 0 Å². The van der Waals surface area contributed by atoms with Crippen molar-refractivity contribution >= 4 is 10.9 Å². The number of nitrogens with one attached hydrogen (secondary N) is 1. The van der Waals surface area contributed by atoms with Crippen molar-refractivity contribution in [3.05, 3.63) is 71.4 Å². The van der Waals surface area contributed by atoms with E-state index in [0.717, 1.165) is 25.9 Å². The first-order valence-electron chi connectivity index (χ1n) is 11.0. The highest BCUT2D eigenvalue weighted by Gasteiger charge is 2.57. The Balaban J connectivity index is 1.63.